The molecule has 4 nitrogen and oxygen atoms in total. The highest BCUT2D eigenvalue weighted by atomic mass is 32.2. The SMILES string of the molecule is CC1(C)CCN(S(=O)(=O)c2ccccc2N)CCS1. The number of nitrogens with two attached hydrogens (primary N) is 1. The number of sulfonamides is 1. The lowest BCUT2D eigenvalue weighted by Crippen LogP contribution is -2.34. The van der Waals surface area contributed by atoms with Crippen molar-refractivity contribution in [1.29, 1.82) is 0 Å². The molecule has 1 aliphatic rings. The van der Waals surface area contributed by atoms with E-state index in [2.05, 4.69) is 13.8 Å². The number of hydrogen-bond donors (Lipinski definition) is 1. The van der Waals surface area contributed by atoms with Crippen LogP contribution in [0.3, 0.4) is 0 Å². The van der Waals surface area contributed by atoms with E-state index in [1.807, 2.05) is 11.8 Å². The molecule has 19 heavy (non-hydrogen) atoms. The van der Waals surface area contributed by atoms with E-state index in [0.29, 0.717) is 18.8 Å². The van der Waals surface area contributed by atoms with Crippen molar-refractivity contribution in [1.82, 2.24) is 4.31 Å². The maximum atomic E-state index is 12.6. The summed E-state index contributed by atoms with van der Waals surface area (Å²) in [6.07, 6.45) is 0.851. The number of para-hydroxylation sites is 1. The molecule has 0 amide bonds. The zero-order valence-electron chi connectivity index (χ0n) is 11.3. The van der Waals surface area contributed by atoms with Crippen molar-refractivity contribution in [3.63, 3.8) is 0 Å². The Balaban J connectivity index is 2.28. The molecule has 0 bridgehead atoms. The Bertz CT molecular complexity index is 556. The Morgan fingerprint density at radius 2 is 1.95 bits per heavy atom. The lowest BCUT2D eigenvalue weighted by Gasteiger charge is -2.22. The van der Waals surface area contributed by atoms with Crippen LogP contribution in [0.4, 0.5) is 5.69 Å². The molecule has 0 spiro atoms. The molecule has 106 valence electrons. The minimum Gasteiger partial charge on any atom is -0.398 e. The second kappa shape index (κ2) is 5.34. The van der Waals surface area contributed by atoms with Crippen LogP contribution in [-0.2, 0) is 10.0 Å². The normalized spacial score (nSPS) is 20.9. The maximum absolute atomic E-state index is 12.6. The van der Waals surface area contributed by atoms with Crippen LogP contribution >= 0.6 is 11.8 Å². The van der Waals surface area contributed by atoms with Crippen LogP contribution in [0.5, 0.6) is 0 Å². The molecule has 0 unspecified atom stereocenters. The van der Waals surface area contributed by atoms with E-state index >= 15 is 0 Å². The van der Waals surface area contributed by atoms with E-state index in [4.69, 9.17) is 5.73 Å². The van der Waals surface area contributed by atoms with Gasteiger partial charge in [0, 0.05) is 23.6 Å². The van der Waals surface area contributed by atoms with Crippen molar-refractivity contribution in [2.45, 2.75) is 29.9 Å². The summed E-state index contributed by atoms with van der Waals surface area (Å²) in [4.78, 5) is 0.222. The standard InChI is InChI=1S/C13H20N2O2S2/c1-13(2)7-8-15(9-10-18-13)19(16,17)12-6-4-3-5-11(12)14/h3-6H,7-10,14H2,1-2H3. The highest BCUT2D eigenvalue weighted by Gasteiger charge is 2.31. The van der Waals surface area contributed by atoms with Crippen LogP contribution in [-0.4, -0.2) is 36.3 Å². The van der Waals surface area contributed by atoms with Gasteiger partial charge in [-0.2, -0.15) is 16.1 Å². The van der Waals surface area contributed by atoms with Gasteiger partial charge in [0.05, 0.1) is 5.69 Å². The minimum absolute atomic E-state index is 0.131. The number of rotatable bonds is 2. The van der Waals surface area contributed by atoms with E-state index in [-0.39, 0.29) is 9.64 Å². The molecule has 1 heterocycles. The van der Waals surface area contributed by atoms with Crippen molar-refractivity contribution < 1.29 is 8.42 Å². The summed E-state index contributed by atoms with van der Waals surface area (Å²) < 4.78 is 26.9. The van der Waals surface area contributed by atoms with Crippen LogP contribution in [0.15, 0.2) is 29.2 Å². The fourth-order valence-electron chi connectivity index (χ4n) is 2.10. The van der Waals surface area contributed by atoms with E-state index in [1.165, 1.54) is 0 Å². The number of hydrogen-bond acceptors (Lipinski definition) is 4. The van der Waals surface area contributed by atoms with Gasteiger partial charge in [-0.15, -0.1) is 0 Å². The van der Waals surface area contributed by atoms with E-state index < -0.39 is 10.0 Å². The number of thioether (sulfide) groups is 1. The minimum atomic E-state index is -3.47. The summed E-state index contributed by atoms with van der Waals surface area (Å²) in [5.74, 6) is 0.818. The molecular weight excluding hydrogens is 280 g/mol. The molecular formula is C13H20N2O2S2. The molecule has 0 atom stereocenters. The Morgan fingerprint density at radius 1 is 1.26 bits per heavy atom. The molecule has 0 aromatic heterocycles. The molecule has 1 aromatic carbocycles. The van der Waals surface area contributed by atoms with Gasteiger partial charge in [-0.05, 0) is 18.6 Å². The van der Waals surface area contributed by atoms with Gasteiger partial charge in [-0.1, -0.05) is 26.0 Å². The smallest absolute Gasteiger partial charge is 0.245 e. The first-order chi connectivity index (χ1) is 8.83. The first-order valence-corrected chi connectivity index (χ1v) is 8.74. The summed E-state index contributed by atoms with van der Waals surface area (Å²) in [7, 11) is -3.47. The first-order valence-electron chi connectivity index (χ1n) is 6.31. The predicted molar refractivity (Wildman–Crippen MR) is 80.8 cm³/mol. The maximum Gasteiger partial charge on any atom is 0.245 e. The highest BCUT2D eigenvalue weighted by molar-refractivity contribution is 8.00. The molecule has 1 aliphatic heterocycles. The van der Waals surface area contributed by atoms with Crippen LogP contribution in [0, 0.1) is 0 Å². The van der Waals surface area contributed by atoms with Gasteiger partial charge in [0.1, 0.15) is 4.90 Å². The van der Waals surface area contributed by atoms with Gasteiger partial charge < -0.3 is 5.73 Å². The van der Waals surface area contributed by atoms with Crippen LogP contribution in [0.25, 0.3) is 0 Å². The van der Waals surface area contributed by atoms with E-state index in [9.17, 15) is 8.42 Å². The molecule has 0 aliphatic carbocycles. The van der Waals surface area contributed by atoms with Crippen LogP contribution < -0.4 is 5.73 Å². The van der Waals surface area contributed by atoms with E-state index in [1.54, 1.807) is 28.6 Å². The summed E-state index contributed by atoms with van der Waals surface area (Å²) >= 11 is 1.82. The Labute approximate surface area is 119 Å². The third-order valence-corrected chi connectivity index (χ3v) is 6.68. The highest BCUT2D eigenvalue weighted by Crippen LogP contribution is 2.33. The van der Waals surface area contributed by atoms with Crippen molar-refractivity contribution in [3.05, 3.63) is 24.3 Å². The number of anilines is 1. The van der Waals surface area contributed by atoms with Crippen LogP contribution in [0.1, 0.15) is 20.3 Å². The molecule has 1 aromatic rings. The number of nitrogens with zero attached hydrogens (tertiary/aromatic N) is 1. The second-order valence-corrected chi connectivity index (χ2v) is 9.01. The average molecular weight is 300 g/mol. The fraction of sp³-hybridized carbons (Fsp3) is 0.538. The monoisotopic (exact) mass is 300 g/mol. The lowest BCUT2D eigenvalue weighted by molar-refractivity contribution is 0.415. The summed E-state index contributed by atoms with van der Waals surface area (Å²) in [5, 5.41) is 0. The van der Waals surface area contributed by atoms with Gasteiger partial charge in [-0.25, -0.2) is 8.42 Å². The van der Waals surface area contributed by atoms with Gasteiger partial charge >= 0.3 is 0 Å². The Morgan fingerprint density at radius 3 is 2.63 bits per heavy atom. The number of benzene rings is 1. The van der Waals surface area contributed by atoms with E-state index in [0.717, 1.165) is 12.2 Å². The Hall–Kier alpha value is -0.720. The third-order valence-electron chi connectivity index (χ3n) is 3.33. The molecule has 0 radical (unpaired) electrons. The second-order valence-electron chi connectivity index (χ2n) is 5.30. The van der Waals surface area contributed by atoms with Crippen molar-refractivity contribution in [2.24, 2.45) is 0 Å². The van der Waals surface area contributed by atoms with Gasteiger partial charge in [0.25, 0.3) is 0 Å². The zero-order valence-corrected chi connectivity index (χ0v) is 12.9. The molecule has 2 N–H and O–H groups in total. The molecule has 1 fully saturated rings. The van der Waals surface area contributed by atoms with Crippen molar-refractivity contribution in [3.8, 4) is 0 Å². The zero-order chi connectivity index (χ0) is 14.1. The summed E-state index contributed by atoms with van der Waals surface area (Å²) in [5.41, 5.74) is 6.11. The largest absolute Gasteiger partial charge is 0.398 e. The topological polar surface area (TPSA) is 63.4 Å². The quantitative estimate of drug-likeness (QED) is 0.850. The molecule has 1 saturated heterocycles. The number of nitrogen functional groups attached to an aromatic ring is 1. The van der Waals surface area contributed by atoms with Gasteiger partial charge in [0.2, 0.25) is 10.0 Å². The first kappa shape index (κ1) is 14.7. The van der Waals surface area contributed by atoms with Gasteiger partial charge in [0.15, 0.2) is 0 Å². The van der Waals surface area contributed by atoms with Crippen LogP contribution in [0.2, 0.25) is 0 Å². The predicted octanol–water partition coefficient (Wildman–Crippen LogP) is 2.18. The Kier molecular flexibility index (Phi) is 4.13. The summed E-state index contributed by atoms with van der Waals surface area (Å²) in [6.45, 7) is 5.41. The summed E-state index contributed by atoms with van der Waals surface area (Å²) in [6, 6.07) is 6.66. The lowest BCUT2D eigenvalue weighted by atomic mass is 10.1. The molecule has 0 saturated carbocycles. The average Bonchev–Trinajstić information content (AvgIpc) is 2.51. The van der Waals surface area contributed by atoms with Crippen molar-refractivity contribution in [2.75, 3.05) is 24.6 Å². The fourth-order valence-corrected chi connectivity index (χ4v) is 4.87. The molecule has 2 rings (SSSR count). The molecule has 6 heteroatoms. The van der Waals surface area contributed by atoms with Crippen molar-refractivity contribution >= 4 is 27.5 Å². The third kappa shape index (κ3) is 3.24. The van der Waals surface area contributed by atoms with Gasteiger partial charge in [-0.3, -0.25) is 0 Å².